The number of amides is 6. The molecule has 16 nitrogen and oxygen atoms in total. The highest BCUT2D eigenvalue weighted by Crippen LogP contribution is 2.31. The van der Waals surface area contributed by atoms with Crippen LogP contribution in [0.25, 0.3) is 10.9 Å². The van der Waals surface area contributed by atoms with Gasteiger partial charge in [0.2, 0.25) is 17.7 Å². The summed E-state index contributed by atoms with van der Waals surface area (Å²) in [6, 6.07) is 32.9. The number of H-pyrrole nitrogens is 1. The van der Waals surface area contributed by atoms with Crippen LogP contribution in [0, 0.1) is 5.92 Å². The summed E-state index contributed by atoms with van der Waals surface area (Å²) in [5, 5.41) is 24.6. The maximum Gasteiger partial charge on any atom is 0.354 e. The Hall–Kier alpha value is -7.59. The molecule has 4 aromatic carbocycles. The molecule has 63 heavy (non-hydrogen) atoms. The van der Waals surface area contributed by atoms with E-state index in [0.717, 1.165) is 32.6 Å². The van der Waals surface area contributed by atoms with Crippen LogP contribution in [0.1, 0.15) is 40.0 Å². The SMILES string of the molecule is O=C(O)C1=C(C(=O)N(Cc2ccccc2)Cc2ccccc2)CN2C[C@H](NC(=O)[C@H](C[C@@H]3CCNC3=O)NC(=O)[C@H](Cc3ccccc3)NC(=O)c3cc4ccccc4[nH]3)C(=O)N12. The number of carboxylic acids is 1. The van der Waals surface area contributed by atoms with Crippen molar-refractivity contribution < 1.29 is 38.7 Å². The molecule has 0 aliphatic carbocycles. The highest BCUT2D eigenvalue weighted by atomic mass is 16.4. The minimum atomic E-state index is -1.49. The van der Waals surface area contributed by atoms with E-state index in [1.54, 1.807) is 30.3 Å². The molecule has 0 unspecified atom stereocenters. The van der Waals surface area contributed by atoms with Gasteiger partial charge in [0.05, 0.1) is 12.1 Å². The standard InChI is InChI=1S/C47H46N8O8/c56-41-33(20-21-48-41)24-38(51-42(57)36(22-29-12-4-1-5-13-29)50-43(58)37-23-32-18-10-11-19-35(32)49-37)44(59)52-39-28-54-27-34(40(47(62)63)55(54)46(39)61)45(60)53(25-30-14-6-2-7-15-30)26-31-16-8-3-9-17-31/h1-19,23,33,36,38-39,49H,20-22,24-28H2,(H,48,56)(H,50,58)(H,51,57)(H,52,59)(H,62,63)/t33-,36-,38-,39-/m0/s1. The van der Waals surface area contributed by atoms with Gasteiger partial charge in [0.1, 0.15) is 23.8 Å². The molecule has 3 aliphatic heterocycles. The molecule has 2 fully saturated rings. The fourth-order valence-corrected chi connectivity index (χ4v) is 8.34. The van der Waals surface area contributed by atoms with Crippen molar-refractivity contribution >= 4 is 52.3 Å². The summed E-state index contributed by atoms with van der Waals surface area (Å²) in [5.41, 5.74) is 2.78. The van der Waals surface area contributed by atoms with E-state index < -0.39 is 65.2 Å². The predicted molar refractivity (Wildman–Crippen MR) is 230 cm³/mol. The Morgan fingerprint density at radius 2 is 1.38 bits per heavy atom. The van der Waals surface area contributed by atoms with Crippen LogP contribution in [0.15, 0.2) is 133 Å². The molecule has 3 aliphatic rings. The average Bonchev–Trinajstić information content (AvgIpc) is 4.07. The molecule has 1 aromatic heterocycles. The molecule has 5 aromatic rings. The summed E-state index contributed by atoms with van der Waals surface area (Å²) in [6.07, 6.45) is 0.368. The van der Waals surface area contributed by atoms with Gasteiger partial charge in [-0.1, -0.05) is 109 Å². The molecule has 4 atom stereocenters. The monoisotopic (exact) mass is 850 g/mol. The van der Waals surface area contributed by atoms with Crippen LogP contribution in [0.2, 0.25) is 0 Å². The van der Waals surface area contributed by atoms with E-state index in [1.807, 2.05) is 91.0 Å². The minimum absolute atomic E-state index is 0.0708. The van der Waals surface area contributed by atoms with Crippen molar-refractivity contribution in [2.75, 3.05) is 19.6 Å². The van der Waals surface area contributed by atoms with E-state index in [2.05, 4.69) is 26.3 Å². The smallest absolute Gasteiger partial charge is 0.354 e. The number of nitrogens with zero attached hydrogens (tertiary/aromatic N) is 3. The summed E-state index contributed by atoms with van der Waals surface area (Å²) >= 11 is 0. The normalized spacial score (nSPS) is 18.1. The Morgan fingerprint density at radius 1 is 0.762 bits per heavy atom. The van der Waals surface area contributed by atoms with E-state index in [-0.39, 0.29) is 56.2 Å². The van der Waals surface area contributed by atoms with Crippen molar-refractivity contribution in [3.05, 3.63) is 155 Å². The Kier molecular flexibility index (Phi) is 12.4. The number of aromatic amines is 1. The van der Waals surface area contributed by atoms with Crippen molar-refractivity contribution in [1.29, 1.82) is 0 Å². The molecule has 322 valence electrons. The summed E-state index contributed by atoms with van der Waals surface area (Å²) < 4.78 is 0. The van der Waals surface area contributed by atoms with Crippen LogP contribution in [0.4, 0.5) is 0 Å². The Morgan fingerprint density at radius 3 is 1.98 bits per heavy atom. The topological polar surface area (TPSA) is 213 Å². The number of hydrazine groups is 1. The molecular weight excluding hydrogens is 805 g/mol. The number of aromatic nitrogens is 1. The van der Waals surface area contributed by atoms with E-state index in [9.17, 15) is 38.7 Å². The molecule has 6 amide bonds. The lowest BCUT2D eigenvalue weighted by Gasteiger charge is -2.25. The largest absolute Gasteiger partial charge is 0.477 e. The maximum atomic E-state index is 14.3. The number of benzene rings is 4. The van der Waals surface area contributed by atoms with E-state index in [0.29, 0.717) is 13.0 Å². The number of hydrogen-bond donors (Lipinski definition) is 6. The average molecular weight is 851 g/mol. The molecule has 0 bridgehead atoms. The van der Waals surface area contributed by atoms with Crippen LogP contribution in [-0.4, -0.2) is 104 Å². The molecular formula is C47H46N8O8. The van der Waals surface area contributed by atoms with Gasteiger partial charge in [-0.2, -0.15) is 0 Å². The fourth-order valence-electron chi connectivity index (χ4n) is 8.34. The predicted octanol–water partition coefficient (Wildman–Crippen LogP) is 2.65. The van der Waals surface area contributed by atoms with Gasteiger partial charge in [-0.3, -0.25) is 28.8 Å². The van der Waals surface area contributed by atoms with Crippen LogP contribution >= 0.6 is 0 Å². The molecule has 16 heteroatoms. The Bertz CT molecular complexity index is 2510. The number of carboxylic acid groups (broad SMARTS) is 1. The van der Waals surface area contributed by atoms with Gasteiger partial charge in [-0.15, -0.1) is 0 Å². The Labute approximate surface area is 362 Å². The second-order valence-electron chi connectivity index (χ2n) is 15.9. The van der Waals surface area contributed by atoms with Gasteiger partial charge >= 0.3 is 5.97 Å². The van der Waals surface area contributed by atoms with Gasteiger partial charge in [0, 0.05) is 49.4 Å². The zero-order valence-corrected chi connectivity index (χ0v) is 34.2. The first-order valence-corrected chi connectivity index (χ1v) is 20.8. The van der Waals surface area contributed by atoms with Gasteiger partial charge in [-0.05, 0) is 41.7 Å². The lowest BCUT2D eigenvalue weighted by Crippen LogP contribution is -2.57. The second kappa shape index (κ2) is 18.6. The van der Waals surface area contributed by atoms with Crippen molar-refractivity contribution in [3.63, 3.8) is 0 Å². The summed E-state index contributed by atoms with van der Waals surface area (Å²) in [6.45, 7) is 0.369. The number of aliphatic carboxylic acids is 1. The van der Waals surface area contributed by atoms with Crippen LogP contribution in [0.3, 0.4) is 0 Å². The first-order valence-electron chi connectivity index (χ1n) is 20.8. The van der Waals surface area contributed by atoms with Gasteiger partial charge < -0.3 is 36.3 Å². The third kappa shape index (κ3) is 9.50. The first kappa shape index (κ1) is 42.1. The molecule has 2 saturated heterocycles. The fraction of sp³-hybridized carbons (Fsp3) is 0.255. The van der Waals surface area contributed by atoms with Crippen LogP contribution in [-0.2, 0) is 48.3 Å². The van der Waals surface area contributed by atoms with Gasteiger partial charge in [-0.25, -0.2) is 14.8 Å². The molecule has 0 radical (unpaired) electrons. The van der Waals surface area contributed by atoms with Gasteiger partial charge in [0.15, 0.2) is 5.70 Å². The summed E-state index contributed by atoms with van der Waals surface area (Å²) in [7, 11) is 0. The first-order chi connectivity index (χ1) is 30.5. The molecule has 6 N–H and O–H groups in total. The molecule has 8 rings (SSSR count). The Balaban J connectivity index is 1.01. The number of rotatable bonds is 16. The number of fused-ring (bicyclic) bond motifs is 2. The molecule has 4 heterocycles. The molecule has 0 spiro atoms. The zero-order valence-electron chi connectivity index (χ0n) is 34.2. The van der Waals surface area contributed by atoms with Crippen molar-refractivity contribution in [2.24, 2.45) is 5.92 Å². The quantitative estimate of drug-likeness (QED) is 0.0861. The number of carbonyl (C=O) groups excluding carboxylic acids is 6. The summed E-state index contributed by atoms with van der Waals surface area (Å²) in [4.78, 5) is 101. The summed E-state index contributed by atoms with van der Waals surface area (Å²) in [5.74, 6) is -5.77. The third-order valence-electron chi connectivity index (χ3n) is 11.5. The van der Waals surface area contributed by atoms with Crippen molar-refractivity contribution in [1.82, 2.24) is 41.2 Å². The van der Waals surface area contributed by atoms with Gasteiger partial charge in [0.25, 0.3) is 17.7 Å². The lowest BCUT2D eigenvalue weighted by molar-refractivity contribution is -0.143. The van der Waals surface area contributed by atoms with E-state index in [4.69, 9.17) is 0 Å². The van der Waals surface area contributed by atoms with Crippen LogP contribution < -0.4 is 21.3 Å². The highest BCUT2D eigenvalue weighted by molar-refractivity contribution is 6.07. The minimum Gasteiger partial charge on any atom is -0.477 e. The highest BCUT2D eigenvalue weighted by Gasteiger charge is 2.50. The maximum absolute atomic E-state index is 14.3. The van der Waals surface area contributed by atoms with Crippen molar-refractivity contribution in [3.8, 4) is 0 Å². The number of para-hydroxylation sites is 1. The lowest BCUT2D eigenvalue weighted by atomic mass is 9.96. The number of carbonyl (C=O) groups is 7. The van der Waals surface area contributed by atoms with Crippen LogP contribution in [0.5, 0.6) is 0 Å². The van der Waals surface area contributed by atoms with E-state index >= 15 is 0 Å². The third-order valence-corrected chi connectivity index (χ3v) is 11.5. The number of nitrogens with one attached hydrogen (secondary N) is 5. The second-order valence-corrected chi connectivity index (χ2v) is 15.9. The van der Waals surface area contributed by atoms with E-state index in [1.165, 1.54) is 9.91 Å². The zero-order chi connectivity index (χ0) is 44.0. The van der Waals surface area contributed by atoms with Crippen molar-refractivity contribution in [2.45, 2.75) is 50.5 Å². The number of hydrogen-bond acceptors (Lipinski definition) is 8. The molecule has 0 saturated carbocycles.